The van der Waals surface area contributed by atoms with Crippen LogP contribution in [0.4, 0.5) is 13.2 Å². The van der Waals surface area contributed by atoms with E-state index in [9.17, 15) is 27.6 Å². The molecule has 0 bridgehead atoms. The second kappa shape index (κ2) is 8.43. The smallest absolute Gasteiger partial charge is 0.305 e. The van der Waals surface area contributed by atoms with E-state index in [4.69, 9.17) is 0 Å². The van der Waals surface area contributed by atoms with Crippen LogP contribution in [0.1, 0.15) is 18.4 Å². The molecule has 1 aromatic rings. The number of aromatic nitrogens is 1. The molecule has 0 atom stereocenters. The Balaban J connectivity index is 0.000000277. The summed E-state index contributed by atoms with van der Waals surface area (Å²) in [6.45, 7) is -1.27. The van der Waals surface area contributed by atoms with Crippen molar-refractivity contribution in [3.05, 3.63) is 32.7 Å². The van der Waals surface area contributed by atoms with Gasteiger partial charge in [-0.1, -0.05) is 15.9 Å². The standard InChI is InChI=1S/C8H6Br2F3NO.C4H4BrNO2/c9-2-5-1-6(10)3-14(7(5)15)4-8(11,12)13;5-6-3(7)1-2-4(6)8/h1,3H,2,4H2;1-2H2. The number of halogens is 6. The average molecular weight is 527 g/mol. The molecule has 1 aliphatic rings. The summed E-state index contributed by atoms with van der Waals surface area (Å²) in [5.41, 5.74) is -0.346. The third-order valence-electron chi connectivity index (χ3n) is 2.61. The van der Waals surface area contributed by atoms with Crippen LogP contribution in [0.15, 0.2) is 21.5 Å². The van der Waals surface area contributed by atoms with Crippen LogP contribution in [0.3, 0.4) is 0 Å². The molecule has 2 rings (SSSR count). The first-order chi connectivity index (χ1) is 10.5. The lowest BCUT2D eigenvalue weighted by molar-refractivity contribution is -0.141. The summed E-state index contributed by atoms with van der Waals surface area (Å²) in [5.74, 6) is -0.287. The van der Waals surface area contributed by atoms with Gasteiger partial charge in [-0.2, -0.15) is 13.2 Å². The maximum Gasteiger partial charge on any atom is 0.406 e. The first kappa shape index (κ1) is 20.4. The molecular formula is C12H10Br3F3N2O3. The number of amides is 2. The van der Waals surface area contributed by atoms with Gasteiger partial charge in [0, 0.05) is 34.4 Å². The third kappa shape index (κ3) is 6.38. The number of hydrogen-bond donors (Lipinski definition) is 0. The minimum absolute atomic E-state index is 0.144. The van der Waals surface area contributed by atoms with Crippen LogP contribution in [-0.4, -0.2) is 26.5 Å². The second-order valence-electron chi connectivity index (χ2n) is 4.43. The van der Waals surface area contributed by atoms with Gasteiger partial charge in [0.15, 0.2) is 0 Å². The molecule has 0 aliphatic carbocycles. The minimum atomic E-state index is -4.39. The highest BCUT2D eigenvalue weighted by Crippen LogP contribution is 2.18. The lowest BCUT2D eigenvalue weighted by Crippen LogP contribution is -2.29. The lowest BCUT2D eigenvalue weighted by atomic mass is 10.3. The molecule has 0 unspecified atom stereocenters. The molecule has 11 heteroatoms. The predicted octanol–water partition coefficient (Wildman–Crippen LogP) is 3.51. The van der Waals surface area contributed by atoms with E-state index in [2.05, 4.69) is 48.0 Å². The molecule has 0 radical (unpaired) electrons. The van der Waals surface area contributed by atoms with E-state index in [0.29, 0.717) is 21.9 Å². The van der Waals surface area contributed by atoms with Crippen LogP contribution in [0.25, 0.3) is 0 Å². The fraction of sp³-hybridized carbons (Fsp3) is 0.417. The van der Waals surface area contributed by atoms with E-state index in [1.165, 1.54) is 6.07 Å². The Morgan fingerprint density at radius 2 is 1.65 bits per heavy atom. The van der Waals surface area contributed by atoms with Crippen molar-refractivity contribution in [2.24, 2.45) is 0 Å². The highest BCUT2D eigenvalue weighted by molar-refractivity contribution is 9.10. The largest absolute Gasteiger partial charge is 0.406 e. The zero-order valence-corrected chi connectivity index (χ0v) is 16.1. The van der Waals surface area contributed by atoms with Gasteiger partial charge in [0.05, 0.1) is 16.1 Å². The zero-order valence-electron chi connectivity index (χ0n) is 11.4. The summed E-state index contributed by atoms with van der Waals surface area (Å²) in [5, 5.41) is 0.225. The van der Waals surface area contributed by atoms with E-state index in [1.807, 2.05) is 0 Å². The summed E-state index contributed by atoms with van der Waals surface area (Å²) in [6.07, 6.45) is -2.57. The topological polar surface area (TPSA) is 59.4 Å². The normalized spacial score (nSPS) is 14.8. The molecule has 2 amide bonds. The summed E-state index contributed by atoms with van der Waals surface area (Å²) in [7, 11) is 0. The Bertz CT molecular complexity index is 645. The van der Waals surface area contributed by atoms with Gasteiger partial charge >= 0.3 is 6.18 Å². The molecule has 1 aromatic heterocycles. The molecule has 1 saturated heterocycles. The lowest BCUT2D eigenvalue weighted by Gasteiger charge is -2.10. The first-order valence-electron chi connectivity index (χ1n) is 6.08. The number of alkyl halides is 4. The summed E-state index contributed by atoms with van der Waals surface area (Å²) < 4.78 is 38.4. The van der Waals surface area contributed by atoms with Gasteiger partial charge in [0.25, 0.3) is 5.56 Å². The number of hydrogen-bond acceptors (Lipinski definition) is 3. The zero-order chi connectivity index (χ0) is 17.8. The van der Waals surface area contributed by atoms with Crippen LogP contribution in [0.2, 0.25) is 0 Å². The maximum absolute atomic E-state index is 12.1. The molecule has 5 nitrogen and oxygen atoms in total. The SMILES string of the molecule is O=C1CCC(=O)N1Br.O=c1c(CBr)cc(Br)cn1CC(F)(F)F. The summed E-state index contributed by atoms with van der Waals surface area (Å²) in [4.78, 5) is 32.3. The molecule has 0 aromatic carbocycles. The van der Waals surface area contributed by atoms with Gasteiger partial charge in [-0.05, 0) is 22.0 Å². The first-order valence-corrected chi connectivity index (χ1v) is 8.70. The maximum atomic E-state index is 12.1. The van der Waals surface area contributed by atoms with Crippen LogP contribution in [-0.2, 0) is 21.5 Å². The van der Waals surface area contributed by atoms with Crippen molar-refractivity contribution >= 4 is 59.8 Å². The van der Waals surface area contributed by atoms with Crippen molar-refractivity contribution in [3.8, 4) is 0 Å². The number of pyridine rings is 1. The van der Waals surface area contributed by atoms with Crippen molar-refractivity contribution in [1.82, 2.24) is 8.49 Å². The Kier molecular flexibility index (Phi) is 7.46. The van der Waals surface area contributed by atoms with E-state index in [1.54, 1.807) is 0 Å². The second-order valence-corrected chi connectivity index (χ2v) is 6.62. The molecule has 0 spiro atoms. The van der Waals surface area contributed by atoms with Crippen molar-refractivity contribution in [3.63, 3.8) is 0 Å². The fourth-order valence-corrected chi connectivity index (χ4v) is 2.89. The molecular weight excluding hydrogens is 517 g/mol. The molecule has 23 heavy (non-hydrogen) atoms. The minimum Gasteiger partial charge on any atom is -0.305 e. The third-order valence-corrected chi connectivity index (χ3v) is 4.44. The number of rotatable bonds is 2. The van der Waals surface area contributed by atoms with E-state index in [0.717, 1.165) is 10.1 Å². The van der Waals surface area contributed by atoms with E-state index < -0.39 is 18.3 Å². The quantitative estimate of drug-likeness (QED) is 0.337. The van der Waals surface area contributed by atoms with Crippen LogP contribution < -0.4 is 5.56 Å². The number of nitrogens with zero attached hydrogens (tertiary/aromatic N) is 2. The van der Waals surface area contributed by atoms with Gasteiger partial charge in [0.1, 0.15) is 6.54 Å². The van der Waals surface area contributed by atoms with Crippen LogP contribution >= 0.6 is 48.0 Å². The molecule has 1 aliphatic heterocycles. The Labute approximate surface area is 154 Å². The predicted molar refractivity (Wildman–Crippen MR) is 87.1 cm³/mol. The molecule has 1 fully saturated rings. The van der Waals surface area contributed by atoms with Gasteiger partial charge < -0.3 is 4.57 Å². The fourth-order valence-electron chi connectivity index (χ4n) is 1.61. The van der Waals surface area contributed by atoms with Gasteiger partial charge in [-0.3, -0.25) is 14.4 Å². The number of carbonyl (C=O) groups excluding carboxylic acids is 2. The van der Waals surface area contributed by atoms with Crippen molar-refractivity contribution < 1.29 is 22.8 Å². The van der Waals surface area contributed by atoms with E-state index >= 15 is 0 Å². The molecule has 128 valence electrons. The Morgan fingerprint density at radius 3 is 2.00 bits per heavy atom. The summed E-state index contributed by atoms with van der Waals surface area (Å²) >= 11 is 8.89. The number of imide groups is 1. The van der Waals surface area contributed by atoms with Crippen molar-refractivity contribution in [1.29, 1.82) is 0 Å². The van der Waals surface area contributed by atoms with Gasteiger partial charge in [-0.15, -0.1) is 0 Å². The van der Waals surface area contributed by atoms with Gasteiger partial charge in [-0.25, -0.2) is 3.93 Å². The van der Waals surface area contributed by atoms with Crippen molar-refractivity contribution in [2.75, 3.05) is 0 Å². The molecule has 2 heterocycles. The van der Waals surface area contributed by atoms with E-state index in [-0.39, 0.29) is 22.7 Å². The number of carbonyl (C=O) groups is 2. The summed E-state index contributed by atoms with van der Waals surface area (Å²) in [6, 6.07) is 1.49. The van der Waals surface area contributed by atoms with Gasteiger partial charge in [0.2, 0.25) is 11.8 Å². The monoisotopic (exact) mass is 524 g/mol. The molecule has 0 saturated carbocycles. The van der Waals surface area contributed by atoms with Crippen LogP contribution in [0, 0.1) is 0 Å². The Hall–Kier alpha value is -0.680. The Morgan fingerprint density at radius 1 is 1.13 bits per heavy atom. The highest BCUT2D eigenvalue weighted by atomic mass is 79.9. The molecule has 0 N–H and O–H groups in total. The highest BCUT2D eigenvalue weighted by Gasteiger charge is 2.28. The van der Waals surface area contributed by atoms with Crippen molar-refractivity contribution in [2.45, 2.75) is 30.9 Å². The average Bonchev–Trinajstić information content (AvgIpc) is 2.73. The van der Waals surface area contributed by atoms with Crippen LogP contribution in [0.5, 0.6) is 0 Å².